The van der Waals surface area contributed by atoms with Crippen LogP contribution in [-0.2, 0) is 9.53 Å². The van der Waals surface area contributed by atoms with Gasteiger partial charge in [-0.05, 0) is 51.5 Å². The minimum absolute atomic E-state index is 0.113. The number of rotatable bonds is 6. The molecule has 0 aliphatic heterocycles. The molecule has 0 heterocycles. The van der Waals surface area contributed by atoms with Crippen molar-refractivity contribution in [3.05, 3.63) is 0 Å². The minimum Gasteiger partial charge on any atom is -0.465 e. The third-order valence-electron chi connectivity index (χ3n) is 3.45. The molecule has 0 aromatic rings. The summed E-state index contributed by atoms with van der Waals surface area (Å²) in [6.45, 7) is 5.10. The van der Waals surface area contributed by atoms with Gasteiger partial charge in [0.25, 0.3) is 0 Å². The molecule has 2 N–H and O–H groups in total. The fourth-order valence-corrected chi connectivity index (χ4v) is 2.30. The lowest BCUT2D eigenvalue weighted by Gasteiger charge is -2.27. The summed E-state index contributed by atoms with van der Waals surface area (Å²) in [5.41, 5.74) is 0. The Hall–Kier alpha value is -0.610. The van der Waals surface area contributed by atoms with Gasteiger partial charge in [-0.15, -0.1) is 0 Å². The molecule has 1 aliphatic carbocycles. The smallest absolute Gasteiger partial charge is 0.323 e. The number of aliphatic hydroxyl groups excluding tert-OH is 1. The summed E-state index contributed by atoms with van der Waals surface area (Å²) in [6, 6.07) is -0.179. The number of esters is 1. The maximum atomic E-state index is 11.6. The highest BCUT2D eigenvalue weighted by Gasteiger charge is 2.22. The monoisotopic (exact) mass is 243 g/mol. The maximum absolute atomic E-state index is 11.6. The van der Waals surface area contributed by atoms with Crippen molar-refractivity contribution < 1.29 is 14.6 Å². The van der Waals surface area contributed by atoms with Crippen LogP contribution in [-0.4, -0.2) is 36.4 Å². The summed E-state index contributed by atoms with van der Waals surface area (Å²) in [6.07, 6.45) is 4.53. The topological polar surface area (TPSA) is 58.6 Å². The largest absolute Gasteiger partial charge is 0.465 e. The number of carbonyl (C=O) groups excluding carboxylic acids is 1. The molecular formula is C13H25NO3. The van der Waals surface area contributed by atoms with Crippen LogP contribution in [0.3, 0.4) is 0 Å². The number of ether oxygens (including phenoxy) is 1. The molecule has 1 aliphatic rings. The van der Waals surface area contributed by atoms with Crippen molar-refractivity contribution in [2.75, 3.05) is 13.2 Å². The summed E-state index contributed by atoms with van der Waals surface area (Å²) >= 11 is 0. The van der Waals surface area contributed by atoms with Gasteiger partial charge in [0.2, 0.25) is 0 Å². The first-order valence-electron chi connectivity index (χ1n) is 6.75. The summed E-state index contributed by atoms with van der Waals surface area (Å²) in [5.74, 6) is 0.438. The van der Waals surface area contributed by atoms with Crippen molar-refractivity contribution in [1.82, 2.24) is 5.32 Å². The second-order valence-electron chi connectivity index (χ2n) is 4.80. The molecule has 0 bridgehead atoms. The van der Waals surface area contributed by atoms with Crippen LogP contribution in [0.25, 0.3) is 0 Å². The molecule has 17 heavy (non-hydrogen) atoms. The number of nitrogens with one attached hydrogen (secondary N) is 1. The minimum atomic E-state index is -0.179. The third kappa shape index (κ3) is 5.04. The van der Waals surface area contributed by atoms with Gasteiger partial charge in [0.05, 0.1) is 12.7 Å². The zero-order valence-electron chi connectivity index (χ0n) is 10.9. The van der Waals surface area contributed by atoms with Crippen LogP contribution in [0.5, 0.6) is 0 Å². The van der Waals surface area contributed by atoms with E-state index in [4.69, 9.17) is 4.74 Å². The Morgan fingerprint density at radius 2 is 2.00 bits per heavy atom. The number of aliphatic hydroxyl groups is 1. The van der Waals surface area contributed by atoms with Crippen LogP contribution in [0.2, 0.25) is 0 Å². The van der Waals surface area contributed by atoms with Crippen molar-refractivity contribution in [2.45, 2.75) is 58.1 Å². The van der Waals surface area contributed by atoms with Gasteiger partial charge in [-0.25, -0.2) is 0 Å². The van der Waals surface area contributed by atoms with Crippen LogP contribution >= 0.6 is 0 Å². The molecule has 0 amide bonds. The first kappa shape index (κ1) is 14.5. The average molecular weight is 243 g/mol. The van der Waals surface area contributed by atoms with E-state index in [9.17, 15) is 9.90 Å². The molecule has 0 aromatic heterocycles. The van der Waals surface area contributed by atoms with E-state index in [-0.39, 0.29) is 18.1 Å². The van der Waals surface area contributed by atoms with E-state index in [0.717, 1.165) is 38.6 Å². The lowest BCUT2D eigenvalue weighted by Crippen LogP contribution is -2.41. The van der Waals surface area contributed by atoms with Gasteiger partial charge in [-0.3, -0.25) is 4.79 Å². The molecule has 1 unspecified atom stereocenters. The highest BCUT2D eigenvalue weighted by molar-refractivity contribution is 5.75. The summed E-state index contributed by atoms with van der Waals surface area (Å²) in [7, 11) is 0. The first-order chi connectivity index (χ1) is 8.17. The molecule has 0 radical (unpaired) electrons. The van der Waals surface area contributed by atoms with Crippen LogP contribution in [0.1, 0.15) is 46.0 Å². The van der Waals surface area contributed by atoms with Crippen molar-refractivity contribution in [1.29, 1.82) is 0 Å². The Kier molecular flexibility index (Phi) is 6.52. The highest BCUT2D eigenvalue weighted by Crippen LogP contribution is 2.23. The second kappa shape index (κ2) is 7.67. The van der Waals surface area contributed by atoms with Gasteiger partial charge >= 0.3 is 5.97 Å². The quantitative estimate of drug-likeness (QED) is 0.694. The fraction of sp³-hybridized carbons (Fsp3) is 0.923. The zero-order chi connectivity index (χ0) is 12.7. The van der Waals surface area contributed by atoms with Crippen LogP contribution in [0, 0.1) is 5.92 Å². The molecule has 4 heteroatoms. The van der Waals surface area contributed by atoms with Gasteiger partial charge in [0.1, 0.15) is 6.04 Å². The van der Waals surface area contributed by atoms with E-state index < -0.39 is 0 Å². The first-order valence-corrected chi connectivity index (χ1v) is 6.75. The van der Waals surface area contributed by atoms with Crippen LogP contribution in [0.15, 0.2) is 0 Å². The SMILES string of the molecule is CCOC(=O)C(CC)NCC1CCC(O)CC1. The Bertz CT molecular complexity index is 225. The number of hydrogen-bond acceptors (Lipinski definition) is 4. The Morgan fingerprint density at radius 1 is 1.35 bits per heavy atom. The van der Waals surface area contributed by atoms with Crippen molar-refractivity contribution in [3.8, 4) is 0 Å². The molecule has 1 atom stereocenters. The highest BCUT2D eigenvalue weighted by atomic mass is 16.5. The molecular weight excluding hydrogens is 218 g/mol. The summed E-state index contributed by atoms with van der Waals surface area (Å²) < 4.78 is 5.01. The number of carbonyl (C=O) groups is 1. The van der Waals surface area contributed by atoms with Gasteiger partial charge in [0, 0.05) is 0 Å². The predicted molar refractivity (Wildman–Crippen MR) is 66.7 cm³/mol. The van der Waals surface area contributed by atoms with E-state index in [1.165, 1.54) is 0 Å². The Labute approximate surface area is 104 Å². The van der Waals surface area contributed by atoms with E-state index in [0.29, 0.717) is 12.5 Å². The van der Waals surface area contributed by atoms with Crippen molar-refractivity contribution >= 4 is 5.97 Å². The van der Waals surface area contributed by atoms with Crippen LogP contribution < -0.4 is 5.32 Å². The lowest BCUT2D eigenvalue weighted by atomic mass is 9.87. The molecule has 100 valence electrons. The van der Waals surface area contributed by atoms with Crippen molar-refractivity contribution in [3.63, 3.8) is 0 Å². The molecule has 1 fully saturated rings. The Balaban J connectivity index is 2.25. The molecule has 0 saturated heterocycles. The van der Waals surface area contributed by atoms with Gasteiger partial charge in [-0.1, -0.05) is 6.92 Å². The number of hydrogen-bond donors (Lipinski definition) is 2. The van der Waals surface area contributed by atoms with Gasteiger partial charge < -0.3 is 15.2 Å². The van der Waals surface area contributed by atoms with E-state index in [1.54, 1.807) is 0 Å². The molecule has 1 rings (SSSR count). The second-order valence-corrected chi connectivity index (χ2v) is 4.80. The molecule has 0 spiro atoms. The zero-order valence-corrected chi connectivity index (χ0v) is 10.9. The van der Waals surface area contributed by atoms with Crippen molar-refractivity contribution in [2.24, 2.45) is 5.92 Å². The Morgan fingerprint density at radius 3 is 2.53 bits per heavy atom. The normalized spacial score (nSPS) is 26.5. The summed E-state index contributed by atoms with van der Waals surface area (Å²) in [5, 5.41) is 12.7. The van der Waals surface area contributed by atoms with Gasteiger partial charge in [0.15, 0.2) is 0 Å². The maximum Gasteiger partial charge on any atom is 0.323 e. The predicted octanol–water partition coefficient (Wildman–Crippen LogP) is 1.47. The molecule has 0 aromatic carbocycles. The average Bonchev–Trinajstić information content (AvgIpc) is 2.32. The van der Waals surface area contributed by atoms with Gasteiger partial charge in [-0.2, -0.15) is 0 Å². The summed E-state index contributed by atoms with van der Waals surface area (Å²) in [4.78, 5) is 11.6. The van der Waals surface area contributed by atoms with E-state index >= 15 is 0 Å². The lowest BCUT2D eigenvalue weighted by molar-refractivity contribution is -0.145. The molecule has 1 saturated carbocycles. The van der Waals surface area contributed by atoms with Crippen LogP contribution in [0.4, 0.5) is 0 Å². The molecule has 4 nitrogen and oxygen atoms in total. The fourth-order valence-electron chi connectivity index (χ4n) is 2.30. The standard InChI is InChI=1S/C13H25NO3/c1-3-12(13(16)17-4-2)14-9-10-5-7-11(15)8-6-10/h10-12,14-15H,3-9H2,1-2H3. The third-order valence-corrected chi connectivity index (χ3v) is 3.45. The van der Waals surface area contributed by atoms with E-state index in [1.807, 2.05) is 13.8 Å². The van der Waals surface area contributed by atoms with E-state index in [2.05, 4.69) is 5.32 Å².